The summed E-state index contributed by atoms with van der Waals surface area (Å²) in [6, 6.07) is 2.93. The number of nitriles is 1. The van der Waals surface area contributed by atoms with Gasteiger partial charge in [-0.15, -0.1) is 0 Å². The van der Waals surface area contributed by atoms with Gasteiger partial charge >= 0.3 is 6.18 Å². The Labute approximate surface area is 101 Å². The summed E-state index contributed by atoms with van der Waals surface area (Å²) < 4.78 is 52.1. The van der Waals surface area contributed by atoms with Gasteiger partial charge in [-0.05, 0) is 25.0 Å². The number of hydrogen-bond acceptors (Lipinski definition) is 2. The zero-order chi connectivity index (χ0) is 13.3. The second kappa shape index (κ2) is 4.48. The van der Waals surface area contributed by atoms with Gasteiger partial charge in [-0.2, -0.15) is 18.4 Å². The molecule has 0 spiro atoms. The molecule has 0 aromatic heterocycles. The van der Waals surface area contributed by atoms with Crippen LogP contribution in [0.4, 0.5) is 23.2 Å². The van der Waals surface area contributed by atoms with Crippen LogP contribution in [0.1, 0.15) is 24.0 Å². The molecule has 2 nitrogen and oxygen atoms in total. The maximum absolute atomic E-state index is 13.5. The van der Waals surface area contributed by atoms with Crippen LogP contribution in [-0.2, 0) is 6.18 Å². The monoisotopic (exact) mass is 258 g/mol. The fourth-order valence-electron chi connectivity index (χ4n) is 2.17. The zero-order valence-corrected chi connectivity index (χ0v) is 9.39. The second-order valence-electron chi connectivity index (χ2n) is 4.12. The van der Waals surface area contributed by atoms with Gasteiger partial charge in [-0.3, -0.25) is 0 Å². The molecular weight excluding hydrogens is 248 g/mol. The SMILES string of the molecule is N#Cc1c(F)ccc(C(F)(F)F)c1N1CCCC1. The van der Waals surface area contributed by atoms with Crippen molar-refractivity contribution in [2.24, 2.45) is 0 Å². The van der Waals surface area contributed by atoms with Crippen LogP contribution in [0.2, 0.25) is 0 Å². The first-order chi connectivity index (χ1) is 8.45. The highest BCUT2D eigenvalue weighted by molar-refractivity contribution is 5.66. The summed E-state index contributed by atoms with van der Waals surface area (Å²) in [4.78, 5) is 1.43. The van der Waals surface area contributed by atoms with Gasteiger partial charge < -0.3 is 4.90 Å². The largest absolute Gasteiger partial charge is 0.418 e. The Morgan fingerprint density at radius 1 is 1.17 bits per heavy atom. The third-order valence-electron chi connectivity index (χ3n) is 2.97. The molecule has 6 heteroatoms. The molecule has 0 aliphatic carbocycles. The standard InChI is InChI=1S/C12H10F4N2/c13-10-4-3-9(12(14,15)16)11(8(10)7-17)18-5-1-2-6-18/h3-4H,1-2,5-6H2. The van der Waals surface area contributed by atoms with Gasteiger partial charge in [0.25, 0.3) is 0 Å². The summed E-state index contributed by atoms with van der Waals surface area (Å²) >= 11 is 0. The van der Waals surface area contributed by atoms with Crippen molar-refractivity contribution in [2.45, 2.75) is 19.0 Å². The van der Waals surface area contributed by atoms with Crippen LogP contribution in [-0.4, -0.2) is 13.1 Å². The highest BCUT2D eigenvalue weighted by atomic mass is 19.4. The first-order valence-corrected chi connectivity index (χ1v) is 5.50. The van der Waals surface area contributed by atoms with Crippen LogP contribution in [0.25, 0.3) is 0 Å². The van der Waals surface area contributed by atoms with Crippen LogP contribution in [0.15, 0.2) is 12.1 Å². The molecule has 1 heterocycles. The molecule has 1 fully saturated rings. The smallest absolute Gasteiger partial charge is 0.370 e. The van der Waals surface area contributed by atoms with Crippen molar-refractivity contribution in [2.75, 3.05) is 18.0 Å². The molecule has 2 rings (SSSR count). The van der Waals surface area contributed by atoms with Gasteiger partial charge in [0.2, 0.25) is 0 Å². The topological polar surface area (TPSA) is 27.0 Å². The van der Waals surface area contributed by atoms with E-state index in [0.717, 1.165) is 12.8 Å². The van der Waals surface area contributed by atoms with Gasteiger partial charge in [0, 0.05) is 13.1 Å². The third kappa shape index (κ3) is 2.13. The maximum atomic E-state index is 13.5. The second-order valence-corrected chi connectivity index (χ2v) is 4.12. The summed E-state index contributed by atoms with van der Waals surface area (Å²) in [5, 5.41) is 8.87. The Balaban J connectivity index is 2.64. The minimum absolute atomic E-state index is 0.317. The van der Waals surface area contributed by atoms with Crippen molar-refractivity contribution in [3.63, 3.8) is 0 Å². The van der Waals surface area contributed by atoms with Crippen LogP contribution < -0.4 is 4.90 Å². The number of halogens is 4. The Morgan fingerprint density at radius 3 is 2.28 bits per heavy atom. The highest BCUT2D eigenvalue weighted by Gasteiger charge is 2.37. The van der Waals surface area contributed by atoms with Crippen molar-refractivity contribution in [1.82, 2.24) is 0 Å². The summed E-state index contributed by atoms with van der Waals surface area (Å²) in [6.45, 7) is 0.836. The normalized spacial score (nSPS) is 15.8. The van der Waals surface area contributed by atoms with E-state index in [0.29, 0.717) is 25.2 Å². The van der Waals surface area contributed by atoms with E-state index in [1.165, 1.54) is 11.0 Å². The van der Waals surface area contributed by atoms with Crippen LogP contribution in [0, 0.1) is 17.1 Å². The molecule has 1 aromatic rings. The molecule has 0 N–H and O–H groups in total. The Hall–Kier alpha value is -1.77. The molecular formula is C12H10F4N2. The van der Waals surface area contributed by atoms with E-state index >= 15 is 0 Å². The molecule has 0 saturated carbocycles. The minimum Gasteiger partial charge on any atom is -0.370 e. The predicted molar refractivity (Wildman–Crippen MR) is 57.6 cm³/mol. The van der Waals surface area contributed by atoms with E-state index in [1.54, 1.807) is 0 Å². The van der Waals surface area contributed by atoms with E-state index in [2.05, 4.69) is 0 Å². The van der Waals surface area contributed by atoms with E-state index in [4.69, 9.17) is 5.26 Å². The number of alkyl halides is 3. The average molecular weight is 258 g/mol. The molecule has 96 valence electrons. The molecule has 0 atom stereocenters. The average Bonchev–Trinajstić information content (AvgIpc) is 2.79. The Kier molecular flexibility index (Phi) is 3.16. The molecule has 0 unspecified atom stereocenters. The molecule has 1 aliphatic heterocycles. The van der Waals surface area contributed by atoms with E-state index in [-0.39, 0.29) is 5.69 Å². The number of nitrogens with zero attached hydrogens (tertiary/aromatic N) is 2. The molecule has 18 heavy (non-hydrogen) atoms. The fraction of sp³-hybridized carbons (Fsp3) is 0.417. The lowest BCUT2D eigenvalue weighted by Gasteiger charge is -2.24. The molecule has 1 saturated heterocycles. The van der Waals surface area contributed by atoms with Crippen LogP contribution in [0.3, 0.4) is 0 Å². The maximum Gasteiger partial charge on any atom is 0.418 e. The number of rotatable bonds is 1. The van der Waals surface area contributed by atoms with Gasteiger partial charge in [0.1, 0.15) is 17.4 Å². The van der Waals surface area contributed by atoms with Crippen LogP contribution >= 0.6 is 0 Å². The van der Waals surface area contributed by atoms with Crippen molar-refractivity contribution in [3.05, 3.63) is 29.1 Å². The fourth-order valence-corrected chi connectivity index (χ4v) is 2.17. The minimum atomic E-state index is -4.59. The summed E-state index contributed by atoms with van der Waals surface area (Å²) in [7, 11) is 0. The van der Waals surface area contributed by atoms with Gasteiger partial charge in [0.15, 0.2) is 0 Å². The molecule has 0 radical (unpaired) electrons. The molecule has 0 amide bonds. The molecule has 0 bridgehead atoms. The summed E-state index contributed by atoms with van der Waals surface area (Å²) in [5.41, 5.74) is -1.78. The Bertz CT molecular complexity index is 496. The lowest BCUT2D eigenvalue weighted by Crippen LogP contribution is -2.24. The molecule has 1 aromatic carbocycles. The van der Waals surface area contributed by atoms with Crippen molar-refractivity contribution >= 4 is 5.69 Å². The molecule has 1 aliphatic rings. The zero-order valence-electron chi connectivity index (χ0n) is 9.39. The van der Waals surface area contributed by atoms with Gasteiger partial charge in [0.05, 0.1) is 11.3 Å². The predicted octanol–water partition coefficient (Wildman–Crippen LogP) is 3.32. The first kappa shape index (κ1) is 12.7. The van der Waals surface area contributed by atoms with E-state index < -0.39 is 23.1 Å². The van der Waals surface area contributed by atoms with E-state index in [9.17, 15) is 17.6 Å². The number of anilines is 1. The van der Waals surface area contributed by atoms with Gasteiger partial charge in [-0.1, -0.05) is 0 Å². The highest BCUT2D eigenvalue weighted by Crippen LogP contribution is 2.40. The number of hydrogen-bond donors (Lipinski definition) is 0. The lowest BCUT2D eigenvalue weighted by atomic mass is 10.1. The van der Waals surface area contributed by atoms with Crippen molar-refractivity contribution in [1.29, 1.82) is 5.26 Å². The third-order valence-corrected chi connectivity index (χ3v) is 2.97. The first-order valence-electron chi connectivity index (χ1n) is 5.50. The summed E-state index contributed by atoms with van der Waals surface area (Å²) in [6.07, 6.45) is -3.09. The van der Waals surface area contributed by atoms with Crippen LogP contribution in [0.5, 0.6) is 0 Å². The van der Waals surface area contributed by atoms with Crippen molar-refractivity contribution < 1.29 is 17.6 Å². The van der Waals surface area contributed by atoms with Gasteiger partial charge in [-0.25, -0.2) is 4.39 Å². The summed E-state index contributed by atoms with van der Waals surface area (Å²) in [5.74, 6) is -0.910. The van der Waals surface area contributed by atoms with E-state index in [1.807, 2.05) is 0 Å². The Morgan fingerprint density at radius 2 is 1.78 bits per heavy atom. The lowest BCUT2D eigenvalue weighted by molar-refractivity contribution is -0.137. The number of benzene rings is 1. The quantitative estimate of drug-likeness (QED) is 0.722. The van der Waals surface area contributed by atoms with Crippen molar-refractivity contribution in [3.8, 4) is 6.07 Å².